The van der Waals surface area contributed by atoms with Gasteiger partial charge in [0.05, 0.1) is 20.7 Å². The van der Waals surface area contributed by atoms with Crippen LogP contribution in [0, 0.1) is 0 Å². The number of hydrogen-bond donors (Lipinski definition) is 2. The average molecular weight is 598 g/mol. The van der Waals surface area contributed by atoms with Crippen molar-refractivity contribution in [3.05, 3.63) is 85.3 Å². The number of hydrogen-bond acceptors (Lipinski definition) is 6. The molecule has 3 rings (SSSR count). The van der Waals surface area contributed by atoms with Gasteiger partial charge in [-0.05, 0) is 86.8 Å². The Morgan fingerprint density at radius 1 is 1.09 bits per heavy atom. The van der Waals surface area contributed by atoms with E-state index < -0.39 is 17.9 Å². The summed E-state index contributed by atoms with van der Waals surface area (Å²) >= 11 is 12.8. The van der Waals surface area contributed by atoms with Gasteiger partial charge in [0.1, 0.15) is 11.5 Å². The van der Waals surface area contributed by atoms with Crippen molar-refractivity contribution in [1.29, 1.82) is 0 Å². The third-order valence-electron chi connectivity index (χ3n) is 4.31. The number of ketones is 1. The molecular formula is C23H16Br2ClNO6. The Labute approximate surface area is 210 Å². The zero-order chi connectivity index (χ0) is 24.1. The van der Waals surface area contributed by atoms with E-state index in [2.05, 4.69) is 37.0 Å². The van der Waals surface area contributed by atoms with Gasteiger partial charge >= 0.3 is 5.97 Å². The lowest BCUT2D eigenvalue weighted by atomic mass is 10.0. The minimum absolute atomic E-state index is 0.0652. The first-order chi connectivity index (χ1) is 15.7. The summed E-state index contributed by atoms with van der Waals surface area (Å²) in [7, 11) is 0. The normalized spacial score (nSPS) is 11.9. The summed E-state index contributed by atoms with van der Waals surface area (Å²) in [6.45, 7) is 1.37. The van der Waals surface area contributed by atoms with Crippen LogP contribution in [0.4, 0.5) is 0 Å². The molecule has 0 spiro atoms. The minimum atomic E-state index is -1.12. The summed E-state index contributed by atoms with van der Waals surface area (Å²) in [6, 6.07) is 14.2. The fourth-order valence-corrected chi connectivity index (χ4v) is 4.22. The Hall–Kier alpha value is -2.88. The van der Waals surface area contributed by atoms with Crippen LogP contribution in [0.5, 0.6) is 17.2 Å². The Morgan fingerprint density at radius 2 is 1.79 bits per heavy atom. The number of phenols is 1. The summed E-state index contributed by atoms with van der Waals surface area (Å²) < 4.78 is 7.05. The summed E-state index contributed by atoms with van der Waals surface area (Å²) in [5.41, 5.74) is 1.01. The van der Waals surface area contributed by atoms with Gasteiger partial charge in [-0.1, -0.05) is 28.9 Å². The molecule has 3 aromatic carbocycles. The molecule has 0 amide bonds. The molecule has 0 aliphatic rings. The molecule has 33 heavy (non-hydrogen) atoms. The molecule has 0 aliphatic heterocycles. The number of oxime groups is 1. The summed E-state index contributed by atoms with van der Waals surface area (Å²) in [5, 5.41) is 23.1. The molecule has 7 nitrogen and oxygen atoms in total. The van der Waals surface area contributed by atoms with Crippen LogP contribution in [0.3, 0.4) is 0 Å². The van der Waals surface area contributed by atoms with Gasteiger partial charge in [-0.25, -0.2) is 4.79 Å². The van der Waals surface area contributed by atoms with E-state index >= 15 is 0 Å². The number of carbonyl (C=O) groups excluding carboxylic acids is 1. The van der Waals surface area contributed by atoms with E-state index in [9.17, 15) is 14.7 Å². The quantitative estimate of drug-likeness (QED) is 0.177. The van der Waals surface area contributed by atoms with E-state index in [0.717, 1.165) is 0 Å². The SMILES string of the molecule is CC(O/N=C/c1cc(Br)c(Oc2ccc(O)c(C(=O)c3cccc(Cl)c3)c2)c(Br)c1)C(=O)O. The zero-order valence-electron chi connectivity index (χ0n) is 17.0. The van der Waals surface area contributed by atoms with Crippen LogP contribution in [0.15, 0.2) is 68.7 Å². The highest BCUT2D eigenvalue weighted by atomic mass is 79.9. The molecule has 10 heteroatoms. The van der Waals surface area contributed by atoms with Gasteiger partial charge in [-0.3, -0.25) is 4.79 Å². The van der Waals surface area contributed by atoms with Crippen LogP contribution in [0.2, 0.25) is 5.02 Å². The van der Waals surface area contributed by atoms with Crippen LogP contribution >= 0.6 is 43.5 Å². The van der Waals surface area contributed by atoms with Crippen molar-refractivity contribution in [2.24, 2.45) is 5.16 Å². The molecule has 0 aromatic heterocycles. The lowest BCUT2D eigenvalue weighted by Crippen LogP contribution is -2.17. The monoisotopic (exact) mass is 595 g/mol. The van der Waals surface area contributed by atoms with Gasteiger partial charge in [0, 0.05) is 10.6 Å². The van der Waals surface area contributed by atoms with Crippen molar-refractivity contribution < 1.29 is 29.4 Å². The fourth-order valence-electron chi connectivity index (χ4n) is 2.64. The number of aliphatic carboxylic acids is 1. The van der Waals surface area contributed by atoms with E-state index in [1.54, 1.807) is 30.3 Å². The summed E-state index contributed by atoms with van der Waals surface area (Å²) in [6.07, 6.45) is 0.287. The highest BCUT2D eigenvalue weighted by Crippen LogP contribution is 2.38. The molecule has 0 heterocycles. The van der Waals surface area contributed by atoms with E-state index in [-0.39, 0.29) is 11.3 Å². The number of rotatable bonds is 8. The number of ether oxygens (including phenoxy) is 1. The predicted molar refractivity (Wildman–Crippen MR) is 131 cm³/mol. The first kappa shape index (κ1) is 24.8. The Bertz CT molecular complexity index is 1220. The number of halogens is 3. The predicted octanol–water partition coefficient (Wildman–Crippen LogP) is 6.42. The van der Waals surface area contributed by atoms with E-state index in [1.807, 2.05) is 0 Å². The molecule has 0 saturated heterocycles. The molecule has 1 unspecified atom stereocenters. The van der Waals surface area contributed by atoms with Gasteiger partial charge in [-0.15, -0.1) is 0 Å². The second kappa shape index (κ2) is 10.8. The molecule has 0 radical (unpaired) electrons. The average Bonchev–Trinajstić information content (AvgIpc) is 2.76. The molecule has 1 atom stereocenters. The Kier molecular flexibility index (Phi) is 8.12. The van der Waals surface area contributed by atoms with Crippen LogP contribution in [0.25, 0.3) is 0 Å². The number of phenolic OH excluding ortho intramolecular Hbond substituents is 1. The zero-order valence-corrected chi connectivity index (χ0v) is 20.9. The van der Waals surface area contributed by atoms with Crippen LogP contribution in [-0.2, 0) is 9.63 Å². The van der Waals surface area contributed by atoms with Gasteiger partial charge in [0.15, 0.2) is 11.5 Å². The van der Waals surface area contributed by atoms with Crippen molar-refractivity contribution in [2.75, 3.05) is 0 Å². The number of carboxylic acid groups (broad SMARTS) is 1. The standard InChI is InChI=1S/C23H16Br2ClNO6/c1-12(23(30)31)33-27-11-13-7-18(24)22(19(25)8-13)32-16-5-6-20(28)17(10-16)21(29)14-3-2-4-15(26)9-14/h2-12,28H,1H3,(H,30,31)/b27-11+. The van der Waals surface area contributed by atoms with Gasteiger partial charge in [-0.2, -0.15) is 0 Å². The maximum absolute atomic E-state index is 12.8. The van der Waals surface area contributed by atoms with Crippen molar-refractivity contribution in [3.8, 4) is 17.2 Å². The number of aromatic hydroxyl groups is 1. The summed E-state index contributed by atoms with van der Waals surface area (Å²) in [5.74, 6) is -0.980. The molecule has 0 fully saturated rings. The molecule has 0 aliphatic carbocycles. The first-order valence-corrected chi connectivity index (χ1v) is 11.3. The highest BCUT2D eigenvalue weighted by molar-refractivity contribution is 9.11. The van der Waals surface area contributed by atoms with Gasteiger partial charge in [0.25, 0.3) is 0 Å². The third-order valence-corrected chi connectivity index (χ3v) is 5.72. The van der Waals surface area contributed by atoms with Crippen molar-refractivity contribution in [1.82, 2.24) is 0 Å². The maximum atomic E-state index is 12.8. The van der Waals surface area contributed by atoms with Crippen LogP contribution in [0.1, 0.15) is 28.4 Å². The molecule has 0 saturated carbocycles. The molecule has 170 valence electrons. The van der Waals surface area contributed by atoms with Gasteiger partial charge < -0.3 is 19.8 Å². The second-order valence-corrected chi connectivity index (χ2v) is 8.90. The smallest absolute Gasteiger partial charge is 0.347 e. The molecular weight excluding hydrogens is 582 g/mol. The maximum Gasteiger partial charge on any atom is 0.347 e. The van der Waals surface area contributed by atoms with Crippen molar-refractivity contribution in [3.63, 3.8) is 0 Å². The van der Waals surface area contributed by atoms with E-state index in [1.165, 1.54) is 37.4 Å². The molecule has 0 bridgehead atoms. The first-order valence-electron chi connectivity index (χ1n) is 9.38. The lowest BCUT2D eigenvalue weighted by Gasteiger charge is -2.13. The number of benzene rings is 3. The third kappa shape index (κ3) is 6.34. The topological polar surface area (TPSA) is 105 Å². The fraction of sp³-hybridized carbons (Fsp3) is 0.0870. The Morgan fingerprint density at radius 3 is 2.42 bits per heavy atom. The van der Waals surface area contributed by atoms with Crippen molar-refractivity contribution in [2.45, 2.75) is 13.0 Å². The largest absolute Gasteiger partial charge is 0.507 e. The van der Waals surface area contributed by atoms with Gasteiger partial charge in [0.2, 0.25) is 6.10 Å². The molecule has 3 aromatic rings. The Balaban J connectivity index is 1.83. The minimum Gasteiger partial charge on any atom is -0.507 e. The van der Waals surface area contributed by atoms with Crippen LogP contribution in [-0.4, -0.2) is 34.3 Å². The van der Waals surface area contributed by atoms with Crippen LogP contribution < -0.4 is 4.74 Å². The second-order valence-electron chi connectivity index (χ2n) is 6.75. The highest BCUT2D eigenvalue weighted by Gasteiger charge is 2.17. The van der Waals surface area contributed by atoms with E-state index in [0.29, 0.717) is 36.6 Å². The number of nitrogens with zero attached hydrogens (tertiary/aromatic N) is 1. The number of carboxylic acids is 1. The van der Waals surface area contributed by atoms with E-state index in [4.69, 9.17) is 26.3 Å². The number of carbonyl (C=O) groups is 2. The summed E-state index contributed by atoms with van der Waals surface area (Å²) in [4.78, 5) is 28.5. The lowest BCUT2D eigenvalue weighted by molar-refractivity contribution is -0.149. The van der Waals surface area contributed by atoms with Crippen molar-refractivity contribution >= 4 is 61.4 Å². The molecule has 2 N–H and O–H groups in total.